The van der Waals surface area contributed by atoms with Crippen LogP contribution in [0.25, 0.3) is 0 Å². The van der Waals surface area contributed by atoms with Gasteiger partial charge >= 0.3 is 0 Å². The molecule has 1 amide bonds. The largest absolute Gasteiger partial charge is 0.366 e. The molecule has 1 aromatic carbocycles. The van der Waals surface area contributed by atoms with E-state index in [-0.39, 0.29) is 11.8 Å². The van der Waals surface area contributed by atoms with Crippen LogP contribution in [0, 0.1) is 11.3 Å². The second-order valence-corrected chi connectivity index (χ2v) is 3.15. The molecule has 2 aromatic rings. The van der Waals surface area contributed by atoms with E-state index >= 15 is 0 Å². The van der Waals surface area contributed by atoms with E-state index in [2.05, 4.69) is 20.5 Å². The Balaban J connectivity index is 2.22. The van der Waals surface area contributed by atoms with Crippen molar-refractivity contribution in [2.24, 2.45) is 0 Å². The predicted molar refractivity (Wildman–Crippen MR) is 59.9 cm³/mol. The lowest BCUT2D eigenvalue weighted by Crippen LogP contribution is -2.14. The van der Waals surface area contributed by atoms with Gasteiger partial charge in [0.15, 0.2) is 0 Å². The minimum absolute atomic E-state index is 0.00440. The molecule has 0 unspecified atom stereocenters. The maximum absolute atomic E-state index is 11.7. The standard InChI is InChI=1S/C10H8N6O/c11-5-6-3-1-2-4-7(6)13-9(17)8-14-10(12)16-15-8/h1-4H,(H,13,17)(H3,12,14,15,16). The maximum atomic E-state index is 11.7. The highest BCUT2D eigenvalue weighted by atomic mass is 16.2. The van der Waals surface area contributed by atoms with E-state index in [0.717, 1.165) is 0 Å². The van der Waals surface area contributed by atoms with Gasteiger partial charge < -0.3 is 11.1 Å². The Morgan fingerprint density at radius 1 is 1.47 bits per heavy atom. The summed E-state index contributed by atoms with van der Waals surface area (Å²) in [4.78, 5) is 15.4. The lowest BCUT2D eigenvalue weighted by atomic mass is 10.2. The monoisotopic (exact) mass is 228 g/mol. The van der Waals surface area contributed by atoms with Crippen LogP contribution in [0.15, 0.2) is 24.3 Å². The van der Waals surface area contributed by atoms with E-state index in [9.17, 15) is 4.79 Å². The van der Waals surface area contributed by atoms with Crippen LogP contribution in [-0.4, -0.2) is 21.1 Å². The van der Waals surface area contributed by atoms with E-state index in [1.807, 2.05) is 6.07 Å². The number of carbonyl (C=O) groups is 1. The third-order valence-electron chi connectivity index (χ3n) is 2.01. The predicted octanol–water partition coefficient (Wildman–Crippen LogP) is 0.511. The first-order valence-electron chi connectivity index (χ1n) is 4.69. The second-order valence-electron chi connectivity index (χ2n) is 3.15. The molecule has 0 aliphatic rings. The van der Waals surface area contributed by atoms with Crippen LogP contribution in [0.5, 0.6) is 0 Å². The molecule has 0 atom stereocenters. The number of carbonyl (C=O) groups excluding carboxylic acids is 1. The van der Waals surface area contributed by atoms with E-state index in [4.69, 9.17) is 11.0 Å². The van der Waals surface area contributed by atoms with Gasteiger partial charge in [-0.2, -0.15) is 10.2 Å². The van der Waals surface area contributed by atoms with Gasteiger partial charge in [-0.05, 0) is 12.1 Å². The molecule has 17 heavy (non-hydrogen) atoms. The fourth-order valence-electron chi connectivity index (χ4n) is 1.25. The van der Waals surface area contributed by atoms with Gasteiger partial charge in [0, 0.05) is 0 Å². The number of hydrogen-bond acceptors (Lipinski definition) is 5. The molecule has 1 aromatic heterocycles. The quantitative estimate of drug-likeness (QED) is 0.691. The summed E-state index contributed by atoms with van der Waals surface area (Å²) < 4.78 is 0. The SMILES string of the molecule is N#Cc1ccccc1NC(=O)c1nc(N)n[nH]1. The number of hydrogen-bond donors (Lipinski definition) is 3. The Morgan fingerprint density at radius 3 is 2.88 bits per heavy atom. The molecule has 1 heterocycles. The van der Waals surface area contributed by atoms with Crippen LogP contribution >= 0.6 is 0 Å². The molecule has 0 spiro atoms. The van der Waals surface area contributed by atoms with Crippen LogP contribution < -0.4 is 11.1 Å². The topological polar surface area (TPSA) is 120 Å². The lowest BCUT2D eigenvalue weighted by molar-refractivity contribution is 0.101. The molecule has 0 radical (unpaired) electrons. The average molecular weight is 228 g/mol. The summed E-state index contributed by atoms with van der Waals surface area (Å²) in [5.74, 6) is -0.518. The molecular weight excluding hydrogens is 220 g/mol. The number of aromatic nitrogens is 3. The average Bonchev–Trinajstić information content (AvgIpc) is 2.77. The highest BCUT2D eigenvalue weighted by molar-refractivity contribution is 6.02. The molecule has 0 saturated heterocycles. The van der Waals surface area contributed by atoms with E-state index < -0.39 is 5.91 Å². The molecule has 7 nitrogen and oxygen atoms in total. The first-order valence-corrected chi connectivity index (χ1v) is 4.69. The summed E-state index contributed by atoms with van der Waals surface area (Å²) in [6.45, 7) is 0. The van der Waals surface area contributed by atoms with Crippen molar-refractivity contribution in [1.82, 2.24) is 15.2 Å². The number of nitriles is 1. The third-order valence-corrected chi connectivity index (χ3v) is 2.01. The fourth-order valence-corrected chi connectivity index (χ4v) is 1.25. The highest BCUT2D eigenvalue weighted by Crippen LogP contribution is 2.14. The molecule has 0 aliphatic carbocycles. The summed E-state index contributed by atoms with van der Waals surface area (Å²) in [6.07, 6.45) is 0. The third kappa shape index (κ3) is 2.21. The van der Waals surface area contributed by atoms with Gasteiger partial charge in [0.05, 0.1) is 11.3 Å². The van der Waals surface area contributed by atoms with Crippen LogP contribution in [0.3, 0.4) is 0 Å². The molecule has 4 N–H and O–H groups in total. The van der Waals surface area contributed by atoms with Crippen molar-refractivity contribution in [2.45, 2.75) is 0 Å². The maximum Gasteiger partial charge on any atom is 0.293 e. The van der Waals surface area contributed by atoms with Gasteiger partial charge in [-0.15, -0.1) is 5.10 Å². The zero-order valence-electron chi connectivity index (χ0n) is 8.64. The Hall–Kier alpha value is -2.88. The number of nitrogen functional groups attached to an aromatic ring is 1. The fraction of sp³-hybridized carbons (Fsp3) is 0. The molecule has 0 saturated carbocycles. The molecule has 0 fully saturated rings. The number of benzene rings is 1. The Kier molecular flexibility index (Phi) is 2.70. The lowest BCUT2D eigenvalue weighted by Gasteiger charge is -2.03. The Morgan fingerprint density at radius 2 is 2.24 bits per heavy atom. The van der Waals surface area contributed by atoms with Crippen molar-refractivity contribution >= 4 is 17.5 Å². The van der Waals surface area contributed by atoms with Crippen molar-refractivity contribution in [3.63, 3.8) is 0 Å². The van der Waals surface area contributed by atoms with Gasteiger partial charge in [0.25, 0.3) is 5.91 Å². The van der Waals surface area contributed by atoms with Crippen molar-refractivity contribution in [3.05, 3.63) is 35.7 Å². The summed E-state index contributed by atoms with van der Waals surface area (Å²) in [7, 11) is 0. The first-order chi connectivity index (χ1) is 8.20. The number of anilines is 2. The zero-order valence-corrected chi connectivity index (χ0v) is 8.64. The molecule has 0 bridgehead atoms. The zero-order chi connectivity index (χ0) is 12.3. The number of nitrogens with two attached hydrogens (primary N) is 1. The summed E-state index contributed by atoms with van der Waals surface area (Å²) >= 11 is 0. The van der Waals surface area contributed by atoms with Gasteiger partial charge in [-0.1, -0.05) is 12.1 Å². The molecule has 2 rings (SSSR count). The number of nitrogens with zero attached hydrogens (tertiary/aromatic N) is 3. The first kappa shape index (κ1) is 10.6. The van der Waals surface area contributed by atoms with Gasteiger partial charge in [-0.3, -0.25) is 9.89 Å². The summed E-state index contributed by atoms with van der Waals surface area (Å²) in [5, 5.41) is 17.3. The van der Waals surface area contributed by atoms with Crippen LogP contribution in [0.1, 0.15) is 16.2 Å². The minimum Gasteiger partial charge on any atom is -0.366 e. The summed E-state index contributed by atoms with van der Waals surface area (Å²) in [6, 6.07) is 8.62. The number of nitrogens with one attached hydrogen (secondary N) is 2. The van der Waals surface area contributed by atoms with E-state index in [0.29, 0.717) is 11.3 Å². The van der Waals surface area contributed by atoms with Gasteiger partial charge in [0.1, 0.15) is 6.07 Å². The number of rotatable bonds is 2. The van der Waals surface area contributed by atoms with Crippen molar-refractivity contribution in [2.75, 3.05) is 11.1 Å². The van der Waals surface area contributed by atoms with Crippen LogP contribution in [-0.2, 0) is 0 Å². The highest BCUT2D eigenvalue weighted by Gasteiger charge is 2.12. The van der Waals surface area contributed by atoms with Gasteiger partial charge in [-0.25, -0.2) is 0 Å². The number of H-pyrrole nitrogens is 1. The van der Waals surface area contributed by atoms with E-state index in [1.165, 1.54) is 0 Å². The molecule has 7 heteroatoms. The van der Waals surface area contributed by atoms with Crippen LogP contribution in [0.4, 0.5) is 11.6 Å². The Bertz CT molecular complexity index is 597. The van der Waals surface area contributed by atoms with Crippen molar-refractivity contribution in [1.29, 1.82) is 5.26 Å². The smallest absolute Gasteiger partial charge is 0.293 e. The molecular formula is C10H8N6O. The van der Waals surface area contributed by atoms with Gasteiger partial charge in [0.2, 0.25) is 11.8 Å². The van der Waals surface area contributed by atoms with E-state index in [1.54, 1.807) is 24.3 Å². The Labute approximate surface area is 96.3 Å². The number of amides is 1. The molecule has 0 aliphatic heterocycles. The second kappa shape index (κ2) is 4.32. The normalized spacial score (nSPS) is 9.59. The minimum atomic E-state index is -0.503. The molecule has 84 valence electrons. The number of aromatic amines is 1. The van der Waals surface area contributed by atoms with Crippen molar-refractivity contribution < 1.29 is 4.79 Å². The number of para-hydroxylation sites is 1. The summed E-state index contributed by atoms with van der Waals surface area (Å²) in [5.41, 5.74) is 6.06. The van der Waals surface area contributed by atoms with Crippen LogP contribution in [0.2, 0.25) is 0 Å². The van der Waals surface area contributed by atoms with Crippen molar-refractivity contribution in [3.8, 4) is 6.07 Å².